The lowest BCUT2D eigenvalue weighted by Crippen LogP contribution is -2.28. The summed E-state index contributed by atoms with van der Waals surface area (Å²) in [7, 11) is 0. The van der Waals surface area contributed by atoms with E-state index in [1.807, 2.05) is 0 Å². The predicted molar refractivity (Wildman–Crippen MR) is 57.6 cm³/mol. The fraction of sp³-hybridized carbons (Fsp3) is 0.0909. The lowest BCUT2D eigenvalue weighted by Gasteiger charge is -2.06. The molecule has 2 amide bonds. The van der Waals surface area contributed by atoms with Crippen molar-refractivity contribution in [1.29, 1.82) is 0 Å². The summed E-state index contributed by atoms with van der Waals surface area (Å²) in [4.78, 5) is 22.2. The molecule has 0 radical (unpaired) electrons. The maximum absolute atomic E-state index is 12.6. The molecule has 1 heterocycles. The van der Waals surface area contributed by atoms with Crippen molar-refractivity contribution in [3.05, 3.63) is 41.9 Å². The summed E-state index contributed by atoms with van der Waals surface area (Å²) in [6.07, 6.45) is 1.20. The van der Waals surface area contributed by atoms with Gasteiger partial charge < -0.3 is 15.4 Å². The van der Waals surface area contributed by atoms with Gasteiger partial charge in [0.2, 0.25) is 0 Å². The molecule has 0 fully saturated rings. The Labute approximate surface area is 96.3 Å². The van der Waals surface area contributed by atoms with Crippen molar-refractivity contribution in [2.75, 3.05) is 11.9 Å². The molecule has 1 aliphatic heterocycles. The van der Waals surface area contributed by atoms with E-state index >= 15 is 0 Å². The van der Waals surface area contributed by atoms with Gasteiger partial charge in [-0.1, -0.05) is 0 Å². The Kier molecular flexibility index (Phi) is 3.04. The third kappa shape index (κ3) is 3.04. The minimum absolute atomic E-state index is 0.0513. The van der Waals surface area contributed by atoms with Crippen molar-refractivity contribution in [1.82, 2.24) is 5.32 Å². The fourth-order valence-corrected chi connectivity index (χ4v) is 1.29. The van der Waals surface area contributed by atoms with Gasteiger partial charge in [-0.25, -0.2) is 14.0 Å². The van der Waals surface area contributed by atoms with Crippen LogP contribution in [0.4, 0.5) is 14.9 Å². The molecule has 0 aromatic heterocycles. The normalized spacial score (nSPS) is 13.9. The number of cyclic esters (lactones) is 1. The van der Waals surface area contributed by atoms with Crippen molar-refractivity contribution in [2.45, 2.75) is 0 Å². The molecule has 88 valence electrons. The predicted octanol–water partition coefficient (Wildman–Crippen LogP) is 1.39. The highest BCUT2D eigenvalue weighted by Gasteiger charge is 2.14. The van der Waals surface area contributed by atoms with Crippen LogP contribution < -0.4 is 10.6 Å². The number of hydrogen-bond acceptors (Lipinski definition) is 3. The molecule has 1 aliphatic rings. The summed E-state index contributed by atoms with van der Waals surface area (Å²) in [5.41, 5.74) is 0.837. The zero-order chi connectivity index (χ0) is 12.3. The van der Waals surface area contributed by atoms with Gasteiger partial charge in [0.05, 0.1) is 5.70 Å². The highest BCUT2D eigenvalue weighted by molar-refractivity contribution is 5.92. The summed E-state index contributed by atoms with van der Waals surface area (Å²) >= 11 is 0. The van der Waals surface area contributed by atoms with Crippen LogP contribution in [-0.2, 0) is 9.53 Å². The Morgan fingerprint density at radius 3 is 2.53 bits per heavy atom. The van der Waals surface area contributed by atoms with Crippen molar-refractivity contribution >= 4 is 17.7 Å². The molecule has 6 heteroatoms. The third-order valence-corrected chi connectivity index (χ3v) is 2.04. The molecule has 2 N–H and O–H groups in total. The number of amides is 2. The van der Waals surface area contributed by atoms with Crippen molar-refractivity contribution < 1.29 is 18.7 Å². The van der Waals surface area contributed by atoms with E-state index in [1.165, 1.54) is 30.3 Å². The number of hydrogen-bond donors (Lipinski definition) is 2. The summed E-state index contributed by atoms with van der Waals surface area (Å²) in [5, 5.41) is 4.93. The van der Waals surface area contributed by atoms with E-state index in [0.29, 0.717) is 11.4 Å². The Bertz CT molecular complexity index is 482. The van der Waals surface area contributed by atoms with Gasteiger partial charge in [0.25, 0.3) is 0 Å². The molecule has 0 aliphatic carbocycles. The molecule has 1 aromatic rings. The number of esters is 1. The number of carbonyl (C=O) groups is 2. The van der Waals surface area contributed by atoms with Gasteiger partial charge >= 0.3 is 12.0 Å². The van der Waals surface area contributed by atoms with Gasteiger partial charge in [0, 0.05) is 11.8 Å². The van der Waals surface area contributed by atoms with Crippen LogP contribution in [0.15, 0.2) is 36.0 Å². The first-order valence-electron chi connectivity index (χ1n) is 4.84. The second kappa shape index (κ2) is 4.65. The summed E-state index contributed by atoms with van der Waals surface area (Å²) in [6, 6.07) is 4.81. The Balaban J connectivity index is 1.91. The molecule has 2 rings (SSSR count). The lowest BCUT2D eigenvalue weighted by atomic mass is 10.3. The van der Waals surface area contributed by atoms with Crippen LogP contribution in [0.2, 0.25) is 0 Å². The molecular formula is C11H9FN2O3. The highest BCUT2D eigenvalue weighted by atomic mass is 19.1. The minimum Gasteiger partial charge on any atom is -0.456 e. The first kappa shape index (κ1) is 11.1. The smallest absolute Gasteiger partial charge is 0.333 e. The number of benzene rings is 1. The van der Waals surface area contributed by atoms with Gasteiger partial charge in [0.15, 0.2) is 0 Å². The van der Waals surface area contributed by atoms with E-state index in [-0.39, 0.29) is 12.4 Å². The first-order chi connectivity index (χ1) is 8.13. The number of ether oxygens (including phenoxy) is 1. The van der Waals surface area contributed by atoms with Crippen LogP contribution in [-0.4, -0.2) is 18.6 Å². The highest BCUT2D eigenvalue weighted by Crippen LogP contribution is 2.08. The van der Waals surface area contributed by atoms with Crippen molar-refractivity contribution in [3.63, 3.8) is 0 Å². The topological polar surface area (TPSA) is 67.4 Å². The average molecular weight is 236 g/mol. The summed E-state index contributed by atoms with van der Waals surface area (Å²) < 4.78 is 17.2. The number of rotatable bonds is 2. The molecule has 0 saturated heterocycles. The monoisotopic (exact) mass is 236 g/mol. The molecule has 0 spiro atoms. The van der Waals surface area contributed by atoms with Crippen molar-refractivity contribution in [3.8, 4) is 0 Å². The van der Waals surface area contributed by atoms with E-state index in [1.54, 1.807) is 0 Å². The van der Waals surface area contributed by atoms with Crippen LogP contribution in [0.1, 0.15) is 0 Å². The van der Waals surface area contributed by atoms with E-state index < -0.39 is 12.0 Å². The average Bonchev–Trinajstić information content (AvgIpc) is 2.67. The van der Waals surface area contributed by atoms with E-state index in [9.17, 15) is 14.0 Å². The molecular weight excluding hydrogens is 227 g/mol. The summed E-state index contributed by atoms with van der Waals surface area (Å²) in [6.45, 7) is 0.0513. The van der Waals surface area contributed by atoms with Crippen LogP contribution >= 0.6 is 0 Å². The van der Waals surface area contributed by atoms with E-state index in [2.05, 4.69) is 15.4 Å². The Hall–Kier alpha value is -2.37. The SMILES string of the molecule is O=C(NC1=CC(=O)OC1)Nc1ccc(F)cc1. The molecule has 1 aromatic carbocycles. The van der Waals surface area contributed by atoms with Gasteiger partial charge in [-0.3, -0.25) is 0 Å². The third-order valence-electron chi connectivity index (χ3n) is 2.04. The number of nitrogens with one attached hydrogen (secondary N) is 2. The number of anilines is 1. The zero-order valence-electron chi connectivity index (χ0n) is 8.70. The fourth-order valence-electron chi connectivity index (χ4n) is 1.29. The minimum atomic E-state index is -0.513. The van der Waals surface area contributed by atoms with Gasteiger partial charge in [-0.15, -0.1) is 0 Å². The van der Waals surface area contributed by atoms with Crippen LogP contribution in [0.5, 0.6) is 0 Å². The van der Waals surface area contributed by atoms with E-state index in [4.69, 9.17) is 0 Å². The van der Waals surface area contributed by atoms with E-state index in [0.717, 1.165) is 0 Å². The maximum Gasteiger partial charge on any atom is 0.333 e. The number of halogens is 1. The lowest BCUT2D eigenvalue weighted by molar-refractivity contribution is -0.134. The number of carbonyl (C=O) groups excluding carboxylic acids is 2. The zero-order valence-corrected chi connectivity index (χ0v) is 8.70. The van der Waals surface area contributed by atoms with Crippen LogP contribution in [0.3, 0.4) is 0 Å². The van der Waals surface area contributed by atoms with Gasteiger partial charge in [-0.05, 0) is 24.3 Å². The largest absolute Gasteiger partial charge is 0.456 e. The molecule has 17 heavy (non-hydrogen) atoms. The second-order valence-electron chi connectivity index (χ2n) is 3.36. The number of urea groups is 1. The van der Waals surface area contributed by atoms with Crippen molar-refractivity contribution in [2.24, 2.45) is 0 Å². The van der Waals surface area contributed by atoms with Gasteiger partial charge in [-0.2, -0.15) is 0 Å². The quantitative estimate of drug-likeness (QED) is 0.762. The molecule has 0 saturated carbocycles. The van der Waals surface area contributed by atoms with Crippen LogP contribution in [0.25, 0.3) is 0 Å². The molecule has 0 unspecified atom stereocenters. The second-order valence-corrected chi connectivity index (χ2v) is 3.36. The summed E-state index contributed by atoms with van der Waals surface area (Å²) in [5.74, 6) is -0.865. The Morgan fingerprint density at radius 2 is 1.94 bits per heavy atom. The first-order valence-corrected chi connectivity index (χ1v) is 4.84. The van der Waals surface area contributed by atoms with Gasteiger partial charge in [0.1, 0.15) is 12.4 Å². The molecule has 0 atom stereocenters. The molecule has 0 bridgehead atoms. The van der Waals surface area contributed by atoms with Crippen LogP contribution in [0, 0.1) is 5.82 Å². The Morgan fingerprint density at radius 1 is 1.24 bits per heavy atom. The maximum atomic E-state index is 12.6. The molecule has 5 nitrogen and oxygen atoms in total. The standard InChI is InChI=1S/C11H9FN2O3/c12-7-1-3-8(4-2-7)13-11(16)14-9-5-10(15)17-6-9/h1-5H,6H2,(H2,13,14,16).